The maximum atomic E-state index is 12.9. The Morgan fingerprint density at radius 1 is 1.00 bits per heavy atom. The van der Waals surface area contributed by atoms with Crippen molar-refractivity contribution in [2.24, 2.45) is 5.73 Å². The number of H-pyrrole nitrogens is 1. The molecule has 4 heterocycles. The van der Waals surface area contributed by atoms with Crippen molar-refractivity contribution in [2.45, 2.75) is 25.7 Å². The van der Waals surface area contributed by atoms with Gasteiger partial charge in [0.25, 0.3) is 5.91 Å². The zero-order valence-electron chi connectivity index (χ0n) is 19.7. The average Bonchev–Trinajstić information content (AvgIpc) is 3.44. The van der Waals surface area contributed by atoms with Gasteiger partial charge in [0.2, 0.25) is 5.91 Å². The van der Waals surface area contributed by atoms with Gasteiger partial charge in [0.1, 0.15) is 5.69 Å². The highest BCUT2D eigenvalue weighted by atomic mass is 16.5. The minimum Gasteiger partial charge on any atom is -0.378 e. The van der Waals surface area contributed by atoms with E-state index in [9.17, 15) is 9.59 Å². The van der Waals surface area contributed by atoms with Crippen LogP contribution in [0.25, 0.3) is 22.4 Å². The predicted octanol–water partition coefficient (Wildman–Crippen LogP) is 2.63. The molecule has 9 nitrogen and oxygen atoms in total. The summed E-state index contributed by atoms with van der Waals surface area (Å²) < 4.78 is 5.38. The predicted molar refractivity (Wildman–Crippen MR) is 133 cm³/mol. The van der Waals surface area contributed by atoms with Crippen LogP contribution in [0.15, 0.2) is 42.7 Å². The molecular weight excluding hydrogens is 444 g/mol. The zero-order chi connectivity index (χ0) is 24.2. The monoisotopic (exact) mass is 474 g/mol. The molecule has 2 fully saturated rings. The summed E-state index contributed by atoms with van der Waals surface area (Å²) in [7, 11) is 0. The van der Waals surface area contributed by atoms with Gasteiger partial charge in [-0.3, -0.25) is 14.7 Å². The zero-order valence-corrected chi connectivity index (χ0v) is 19.7. The Morgan fingerprint density at radius 3 is 2.51 bits per heavy atom. The number of morpholine rings is 1. The minimum absolute atomic E-state index is 0.0773. The molecule has 3 N–H and O–H groups in total. The lowest BCUT2D eigenvalue weighted by molar-refractivity contribution is -0.134. The van der Waals surface area contributed by atoms with E-state index in [1.54, 1.807) is 12.4 Å². The van der Waals surface area contributed by atoms with Crippen molar-refractivity contribution < 1.29 is 14.3 Å². The highest BCUT2D eigenvalue weighted by Crippen LogP contribution is 2.36. The number of aromatic amines is 1. The molecule has 182 valence electrons. The van der Waals surface area contributed by atoms with E-state index in [2.05, 4.69) is 26.1 Å². The number of rotatable bonds is 6. The number of hydrogen-bond donors (Lipinski definition) is 2. The number of nitrogens with zero attached hydrogens (tertiary/aromatic N) is 4. The molecule has 2 aliphatic heterocycles. The standard InChI is InChI=1S/C26H30N6O3/c27-26(34)25-20(5-6-22(30-25)19-16-28-29-17-19)21-14-18(15-24(33)32-10-12-35-13-11-32)4-7-23(21)31-8-2-1-3-9-31/h4-7,14,16-17H,1-3,8-13,15H2,(H2,27,34)(H,28,29). The number of nitrogens with two attached hydrogens (primary N) is 1. The van der Waals surface area contributed by atoms with Crippen molar-refractivity contribution >= 4 is 17.5 Å². The SMILES string of the molecule is NC(=O)c1nc(-c2cn[nH]c2)ccc1-c1cc(CC(=O)N2CCOCC2)ccc1N1CCCCC1. The van der Waals surface area contributed by atoms with E-state index in [-0.39, 0.29) is 11.6 Å². The van der Waals surface area contributed by atoms with E-state index >= 15 is 0 Å². The van der Waals surface area contributed by atoms with Gasteiger partial charge in [-0.05, 0) is 49.1 Å². The molecule has 9 heteroatoms. The molecule has 5 rings (SSSR count). The van der Waals surface area contributed by atoms with Crippen LogP contribution >= 0.6 is 0 Å². The molecule has 2 amide bonds. The number of anilines is 1. The van der Waals surface area contributed by atoms with Crippen LogP contribution in [0.4, 0.5) is 5.69 Å². The molecule has 0 unspecified atom stereocenters. The van der Waals surface area contributed by atoms with E-state index in [4.69, 9.17) is 10.5 Å². The number of pyridine rings is 1. The number of benzene rings is 1. The number of primary amides is 1. The first-order valence-corrected chi connectivity index (χ1v) is 12.1. The number of carbonyl (C=O) groups excluding carboxylic acids is 2. The van der Waals surface area contributed by atoms with E-state index in [0.29, 0.717) is 44.0 Å². The second-order valence-electron chi connectivity index (χ2n) is 9.01. The lowest BCUT2D eigenvalue weighted by Gasteiger charge is -2.31. The molecule has 0 bridgehead atoms. The minimum atomic E-state index is -0.593. The first kappa shape index (κ1) is 23.0. The van der Waals surface area contributed by atoms with Crippen LogP contribution in [0.3, 0.4) is 0 Å². The summed E-state index contributed by atoms with van der Waals surface area (Å²) >= 11 is 0. The van der Waals surface area contributed by atoms with Crippen LogP contribution in [0, 0.1) is 0 Å². The molecule has 2 aromatic heterocycles. The molecule has 0 aliphatic carbocycles. The van der Waals surface area contributed by atoms with E-state index in [0.717, 1.165) is 48.3 Å². The summed E-state index contributed by atoms with van der Waals surface area (Å²) in [4.78, 5) is 34.2. The van der Waals surface area contributed by atoms with Gasteiger partial charge < -0.3 is 20.3 Å². The number of hydrogen-bond acceptors (Lipinski definition) is 6. The van der Waals surface area contributed by atoms with Gasteiger partial charge in [-0.2, -0.15) is 5.10 Å². The van der Waals surface area contributed by atoms with Crippen LogP contribution in [0.2, 0.25) is 0 Å². The maximum Gasteiger partial charge on any atom is 0.267 e. The molecule has 0 radical (unpaired) electrons. The van der Waals surface area contributed by atoms with Gasteiger partial charge in [0, 0.05) is 54.8 Å². The van der Waals surface area contributed by atoms with Gasteiger partial charge in [-0.15, -0.1) is 0 Å². The summed E-state index contributed by atoms with van der Waals surface area (Å²) in [5.74, 6) is -0.515. The average molecular weight is 475 g/mol. The van der Waals surface area contributed by atoms with Crippen molar-refractivity contribution in [1.82, 2.24) is 20.1 Å². The number of amides is 2. The number of nitrogens with one attached hydrogen (secondary N) is 1. The largest absolute Gasteiger partial charge is 0.378 e. The Labute approximate surface area is 204 Å². The van der Waals surface area contributed by atoms with Crippen molar-refractivity contribution in [1.29, 1.82) is 0 Å². The quantitative estimate of drug-likeness (QED) is 0.567. The van der Waals surface area contributed by atoms with Crippen LogP contribution in [0.5, 0.6) is 0 Å². The van der Waals surface area contributed by atoms with Gasteiger partial charge in [-0.1, -0.05) is 6.07 Å². The Kier molecular flexibility index (Phi) is 6.76. The number of ether oxygens (including phenoxy) is 1. The van der Waals surface area contributed by atoms with Crippen LogP contribution < -0.4 is 10.6 Å². The third kappa shape index (κ3) is 5.05. The first-order valence-electron chi connectivity index (χ1n) is 12.1. The molecule has 0 saturated carbocycles. The number of carbonyl (C=O) groups is 2. The van der Waals surface area contributed by atoms with Crippen LogP contribution in [-0.4, -0.2) is 71.3 Å². The molecule has 0 atom stereocenters. The van der Waals surface area contributed by atoms with Gasteiger partial charge in [0.05, 0.1) is 31.5 Å². The third-order valence-corrected chi connectivity index (χ3v) is 6.69. The molecular formula is C26H30N6O3. The Morgan fingerprint density at radius 2 is 1.80 bits per heavy atom. The normalized spacial score (nSPS) is 16.3. The van der Waals surface area contributed by atoms with Crippen molar-refractivity contribution in [3.05, 3.63) is 54.0 Å². The molecule has 35 heavy (non-hydrogen) atoms. The maximum absolute atomic E-state index is 12.9. The third-order valence-electron chi connectivity index (χ3n) is 6.69. The summed E-state index contributed by atoms with van der Waals surface area (Å²) in [6.07, 6.45) is 7.13. The molecule has 1 aromatic carbocycles. The second-order valence-corrected chi connectivity index (χ2v) is 9.01. The number of aromatic nitrogens is 3. The van der Waals surface area contributed by atoms with Gasteiger partial charge >= 0.3 is 0 Å². The number of piperidine rings is 1. The fraction of sp³-hybridized carbons (Fsp3) is 0.385. The van der Waals surface area contributed by atoms with E-state index in [1.165, 1.54) is 6.42 Å². The summed E-state index contributed by atoms with van der Waals surface area (Å²) in [6.45, 7) is 4.27. The fourth-order valence-electron chi connectivity index (χ4n) is 4.83. The smallest absolute Gasteiger partial charge is 0.267 e. The summed E-state index contributed by atoms with van der Waals surface area (Å²) in [5.41, 5.74) is 10.9. The lowest BCUT2D eigenvalue weighted by Crippen LogP contribution is -2.41. The Balaban J connectivity index is 1.55. The lowest BCUT2D eigenvalue weighted by atomic mass is 9.95. The van der Waals surface area contributed by atoms with Gasteiger partial charge in [0.15, 0.2) is 0 Å². The molecule has 0 spiro atoms. The van der Waals surface area contributed by atoms with Crippen molar-refractivity contribution in [3.63, 3.8) is 0 Å². The topological polar surface area (TPSA) is 117 Å². The van der Waals surface area contributed by atoms with Crippen LogP contribution in [0.1, 0.15) is 35.3 Å². The Bertz CT molecular complexity index is 1200. The van der Waals surface area contributed by atoms with Crippen molar-refractivity contribution in [2.75, 3.05) is 44.3 Å². The van der Waals surface area contributed by atoms with Crippen LogP contribution in [-0.2, 0) is 16.0 Å². The van der Waals surface area contributed by atoms with Gasteiger partial charge in [-0.25, -0.2) is 4.98 Å². The fourth-order valence-corrected chi connectivity index (χ4v) is 4.83. The van der Waals surface area contributed by atoms with E-state index < -0.39 is 5.91 Å². The summed E-state index contributed by atoms with van der Waals surface area (Å²) in [5, 5.41) is 6.75. The molecule has 3 aromatic rings. The molecule has 2 saturated heterocycles. The highest BCUT2D eigenvalue weighted by molar-refractivity contribution is 6.00. The van der Waals surface area contributed by atoms with Crippen molar-refractivity contribution in [3.8, 4) is 22.4 Å². The van der Waals surface area contributed by atoms with E-state index in [1.807, 2.05) is 29.2 Å². The highest BCUT2D eigenvalue weighted by Gasteiger charge is 2.23. The Hall–Kier alpha value is -3.72. The second kappa shape index (κ2) is 10.3. The molecule has 2 aliphatic rings. The summed E-state index contributed by atoms with van der Waals surface area (Å²) in [6, 6.07) is 9.87. The first-order chi connectivity index (χ1) is 17.1.